The third kappa shape index (κ3) is 3.91. The first-order valence-corrected chi connectivity index (χ1v) is 6.24. The number of ether oxygens (including phenoxy) is 1. The Morgan fingerprint density at radius 1 is 1.47 bits per heavy atom. The Morgan fingerprint density at radius 3 is 2.60 bits per heavy atom. The number of carbonyl (C=O) groups is 1. The van der Waals surface area contributed by atoms with Crippen molar-refractivity contribution in [2.75, 3.05) is 20.0 Å². The van der Waals surface area contributed by atoms with Crippen LogP contribution >= 0.6 is 7.82 Å². The van der Waals surface area contributed by atoms with Crippen LogP contribution in [0.5, 0.6) is 0 Å². The van der Waals surface area contributed by atoms with E-state index < -0.39 is 14.6 Å². The van der Waals surface area contributed by atoms with Crippen LogP contribution in [0.25, 0.3) is 0 Å². The van der Waals surface area contributed by atoms with Crippen molar-refractivity contribution in [1.82, 2.24) is 0 Å². The maximum atomic E-state index is 11.4. The molecule has 6 nitrogen and oxygen atoms in total. The molecule has 1 fully saturated rings. The first kappa shape index (κ1) is 12.6. The van der Waals surface area contributed by atoms with Crippen molar-refractivity contribution in [2.24, 2.45) is 5.92 Å². The predicted octanol–water partition coefficient (Wildman–Crippen LogP) is 1.70. The lowest BCUT2D eigenvalue weighted by Gasteiger charge is -2.11. The molecule has 0 spiro atoms. The number of esters is 1. The molecule has 1 atom stereocenters. The highest BCUT2D eigenvalue weighted by Crippen LogP contribution is 2.52. The molecule has 1 saturated heterocycles. The molecular weight excluding hydrogens is 223 g/mol. The molecule has 0 N–H and O–H groups in total. The van der Waals surface area contributed by atoms with Gasteiger partial charge in [0, 0.05) is 0 Å². The van der Waals surface area contributed by atoms with Crippen molar-refractivity contribution in [3.05, 3.63) is 0 Å². The summed E-state index contributed by atoms with van der Waals surface area (Å²) in [4.78, 5) is 11.2. The van der Waals surface area contributed by atoms with Crippen LogP contribution in [0.4, 0.5) is 0 Å². The smallest absolute Gasteiger partial charge is 0.438 e. The van der Waals surface area contributed by atoms with Crippen LogP contribution in [0.15, 0.2) is 0 Å². The summed E-state index contributed by atoms with van der Waals surface area (Å²) in [5.41, 5.74) is 0. The lowest BCUT2D eigenvalue weighted by Crippen LogP contribution is -2.15. The summed E-state index contributed by atoms with van der Waals surface area (Å²) in [6.07, 6.45) is 0.684. The van der Waals surface area contributed by atoms with E-state index in [0.29, 0.717) is 6.42 Å². The van der Waals surface area contributed by atoms with E-state index >= 15 is 0 Å². The molecule has 0 saturated carbocycles. The van der Waals surface area contributed by atoms with Gasteiger partial charge in [-0.2, -0.15) is 0 Å². The van der Waals surface area contributed by atoms with Gasteiger partial charge in [0.05, 0.1) is 19.1 Å². The normalized spacial score (nSPS) is 21.2. The van der Waals surface area contributed by atoms with Gasteiger partial charge < -0.3 is 4.74 Å². The van der Waals surface area contributed by atoms with E-state index in [0.717, 1.165) is 0 Å². The fraction of sp³-hybridized carbons (Fsp3) is 0.875. The van der Waals surface area contributed by atoms with E-state index in [2.05, 4.69) is 0 Å². The summed E-state index contributed by atoms with van der Waals surface area (Å²) in [6.45, 7) is 3.68. The Hall–Kier alpha value is -0.420. The molecule has 1 aliphatic rings. The van der Waals surface area contributed by atoms with Crippen molar-refractivity contribution in [1.29, 1.82) is 0 Å². The van der Waals surface area contributed by atoms with Crippen LogP contribution < -0.4 is 0 Å². The van der Waals surface area contributed by atoms with Gasteiger partial charge in [0.1, 0.15) is 0 Å². The highest BCUT2D eigenvalue weighted by Gasteiger charge is 2.32. The molecule has 0 aromatic carbocycles. The van der Waals surface area contributed by atoms with Crippen LogP contribution in [0.2, 0.25) is 0 Å². The molecule has 1 rings (SSSR count). The topological polar surface area (TPSA) is 71.1 Å². The fourth-order valence-corrected chi connectivity index (χ4v) is 1.87. The largest absolute Gasteiger partial charge is 0.477 e. The monoisotopic (exact) mass is 238 g/mol. The first-order valence-electron chi connectivity index (χ1n) is 4.77. The standard InChI is InChI=1S/C8H15O6P/c1-3-7(2)8(9)11-6-14-15(10)12-4-5-13-15/h7H,3-6H2,1-2H3. The highest BCUT2D eigenvalue weighted by molar-refractivity contribution is 7.48. The molecule has 0 amide bonds. The quantitative estimate of drug-likeness (QED) is 0.412. The van der Waals surface area contributed by atoms with E-state index in [1.165, 1.54) is 0 Å². The van der Waals surface area contributed by atoms with Crippen molar-refractivity contribution in [2.45, 2.75) is 20.3 Å². The Balaban J connectivity index is 2.21. The second-order valence-corrected chi connectivity index (χ2v) is 4.80. The minimum atomic E-state index is -3.44. The maximum Gasteiger partial charge on any atom is 0.477 e. The minimum absolute atomic E-state index is 0.194. The Bertz CT molecular complexity index is 256. The number of phosphoric ester groups is 1. The van der Waals surface area contributed by atoms with Crippen LogP contribution in [0.3, 0.4) is 0 Å². The SMILES string of the molecule is CCC(C)C(=O)OCOP1(=O)OCCO1. The molecule has 0 bridgehead atoms. The summed E-state index contributed by atoms with van der Waals surface area (Å²) in [7, 11) is -3.44. The number of rotatable bonds is 5. The van der Waals surface area contributed by atoms with Gasteiger partial charge >= 0.3 is 13.8 Å². The zero-order valence-electron chi connectivity index (χ0n) is 8.80. The Labute approximate surface area is 88.5 Å². The average molecular weight is 238 g/mol. The summed E-state index contributed by atoms with van der Waals surface area (Å²) in [5.74, 6) is -0.580. The molecule has 0 radical (unpaired) electrons. The summed E-state index contributed by atoms with van der Waals surface area (Å²) in [5, 5.41) is 0. The second kappa shape index (κ2) is 5.61. The van der Waals surface area contributed by atoms with Crippen molar-refractivity contribution in [3.8, 4) is 0 Å². The van der Waals surface area contributed by atoms with E-state index in [1.807, 2.05) is 6.92 Å². The number of hydrogen-bond donors (Lipinski definition) is 0. The van der Waals surface area contributed by atoms with E-state index in [4.69, 9.17) is 18.3 Å². The number of hydrogen-bond acceptors (Lipinski definition) is 6. The Morgan fingerprint density at radius 2 is 2.07 bits per heavy atom. The lowest BCUT2D eigenvalue weighted by atomic mass is 10.1. The van der Waals surface area contributed by atoms with Crippen molar-refractivity contribution < 1.29 is 27.7 Å². The summed E-state index contributed by atoms with van der Waals surface area (Å²) >= 11 is 0. The number of carbonyl (C=O) groups excluding carboxylic acids is 1. The minimum Gasteiger partial charge on any atom is -0.438 e. The zero-order chi connectivity index (χ0) is 11.3. The molecule has 0 aromatic heterocycles. The first-order chi connectivity index (χ1) is 7.07. The van der Waals surface area contributed by atoms with Crippen LogP contribution in [0.1, 0.15) is 20.3 Å². The second-order valence-electron chi connectivity index (χ2n) is 3.13. The maximum absolute atomic E-state index is 11.4. The summed E-state index contributed by atoms with van der Waals surface area (Å²) in [6, 6.07) is 0. The molecule has 1 unspecified atom stereocenters. The van der Waals surface area contributed by atoms with Crippen molar-refractivity contribution in [3.63, 3.8) is 0 Å². The van der Waals surface area contributed by atoms with Crippen LogP contribution in [-0.2, 0) is 27.7 Å². The third-order valence-electron chi connectivity index (χ3n) is 2.01. The van der Waals surface area contributed by atoms with Crippen molar-refractivity contribution >= 4 is 13.8 Å². The molecule has 15 heavy (non-hydrogen) atoms. The van der Waals surface area contributed by atoms with Gasteiger partial charge in [-0.05, 0) is 6.42 Å². The van der Waals surface area contributed by atoms with E-state index in [9.17, 15) is 9.36 Å². The summed E-state index contributed by atoms with van der Waals surface area (Å²) < 4.78 is 30.3. The van der Waals surface area contributed by atoms with Gasteiger partial charge in [0.15, 0.2) is 0 Å². The van der Waals surface area contributed by atoms with Gasteiger partial charge in [-0.15, -0.1) is 0 Å². The average Bonchev–Trinajstić information content (AvgIpc) is 2.64. The lowest BCUT2D eigenvalue weighted by molar-refractivity contribution is -0.155. The molecular formula is C8H15O6P. The van der Waals surface area contributed by atoms with Crippen LogP contribution in [-0.4, -0.2) is 26.0 Å². The van der Waals surface area contributed by atoms with E-state index in [1.54, 1.807) is 6.92 Å². The predicted molar refractivity (Wildman–Crippen MR) is 51.0 cm³/mol. The molecule has 7 heteroatoms. The highest BCUT2D eigenvalue weighted by atomic mass is 31.2. The number of phosphoric acid groups is 1. The van der Waals surface area contributed by atoms with E-state index in [-0.39, 0.29) is 25.1 Å². The third-order valence-corrected chi connectivity index (χ3v) is 3.43. The zero-order valence-corrected chi connectivity index (χ0v) is 9.70. The van der Waals surface area contributed by atoms with Gasteiger partial charge in [0.25, 0.3) is 0 Å². The molecule has 0 aromatic rings. The molecule has 0 aliphatic carbocycles. The molecule has 88 valence electrons. The molecule has 1 aliphatic heterocycles. The Kier molecular flexibility index (Phi) is 4.73. The fourth-order valence-electron chi connectivity index (χ4n) is 0.868. The molecule has 1 heterocycles. The van der Waals surface area contributed by atoms with Gasteiger partial charge in [-0.25, -0.2) is 9.09 Å². The van der Waals surface area contributed by atoms with Gasteiger partial charge in [0.2, 0.25) is 6.79 Å². The van der Waals surface area contributed by atoms with Crippen LogP contribution in [0, 0.1) is 5.92 Å². The van der Waals surface area contributed by atoms with Gasteiger partial charge in [-0.3, -0.25) is 13.8 Å². The van der Waals surface area contributed by atoms with Gasteiger partial charge in [-0.1, -0.05) is 13.8 Å².